The minimum Gasteiger partial charge on any atom is -0.481 e. The quantitative estimate of drug-likeness (QED) is 0.433. The highest BCUT2D eigenvalue weighted by molar-refractivity contribution is 6.17. The lowest BCUT2D eigenvalue weighted by Crippen LogP contribution is -2.08. The maximum absolute atomic E-state index is 10.6. The Hall–Kier alpha value is -0.240. The third-order valence-electron chi connectivity index (χ3n) is 2.94. The molecular formula is C13H25ClO2. The fourth-order valence-electron chi connectivity index (χ4n) is 1.73. The first-order valence-electron chi connectivity index (χ1n) is 6.47. The number of carboxylic acids is 1. The summed E-state index contributed by atoms with van der Waals surface area (Å²) in [5.41, 5.74) is 0. The lowest BCUT2D eigenvalue weighted by atomic mass is 10.0. The molecule has 0 amide bonds. The van der Waals surface area contributed by atoms with Crippen molar-refractivity contribution in [3.8, 4) is 0 Å². The summed E-state index contributed by atoms with van der Waals surface area (Å²) in [6.07, 6.45) is 10.5. The summed E-state index contributed by atoms with van der Waals surface area (Å²) in [6, 6.07) is 0. The maximum Gasteiger partial charge on any atom is 0.306 e. The van der Waals surface area contributed by atoms with Crippen LogP contribution < -0.4 is 0 Å². The lowest BCUT2D eigenvalue weighted by Gasteiger charge is -2.05. The van der Waals surface area contributed by atoms with Crippen LogP contribution in [0.5, 0.6) is 0 Å². The van der Waals surface area contributed by atoms with Gasteiger partial charge in [0.2, 0.25) is 0 Å². The minimum atomic E-state index is -0.666. The fraction of sp³-hybridized carbons (Fsp3) is 0.923. The van der Waals surface area contributed by atoms with Gasteiger partial charge in [-0.3, -0.25) is 4.79 Å². The highest BCUT2D eigenvalue weighted by atomic mass is 35.5. The number of carbonyl (C=O) groups is 1. The van der Waals surface area contributed by atoms with Gasteiger partial charge in [0.1, 0.15) is 0 Å². The number of carboxylic acid groups (broad SMARTS) is 1. The number of alkyl halides is 1. The van der Waals surface area contributed by atoms with E-state index in [9.17, 15) is 4.79 Å². The molecule has 16 heavy (non-hydrogen) atoms. The molecule has 2 nitrogen and oxygen atoms in total. The van der Waals surface area contributed by atoms with Gasteiger partial charge in [0.25, 0.3) is 0 Å². The topological polar surface area (TPSA) is 37.3 Å². The van der Waals surface area contributed by atoms with Crippen LogP contribution in [-0.4, -0.2) is 17.0 Å². The van der Waals surface area contributed by atoms with Crippen molar-refractivity contribution in [2.75, 3.05) is 5.88 Å². The van der Waals surface area contributed by atoms with Crippen molar-refractivity contribution in [1.29, 1.82) is 0 Å². The van der Waals surface area contributed by atoms with Crippen LogP contribution in [0.2, 0.25) is 0 Å². The van der Waals surface area contributed by atoms with Gasteiger partial charge in [0, 0.05) is 5.88 Å². The molecule has 1 unspecified atom stereocenters. The van der Waals surface area contributed by atoms with Crippen molar-refractivity contribution in [1.82, 2.24) is 0 Å². The Bertz CT molecular complexity index is 171. The van der Waals surface area contributed by atoms with Crippen LogP contribution in [0.25, 0.3) is 0 Å². The van der Waals surface area contributed by atoms with Crippen LogP contribution in [0.1, 0.15) is 64.7 Å². The second kappa shape index (κ2) is 11.3. The van der Waals surface area contributed by atoms with E-state index >= 15 is 0 Å². The Balaban J connectivity index is 3.07. The number of rotatable bonds is 11. The van der Waals surface area contributed by atoms with Gasteiger partial charge in [0.05, 0.1) is 5.92 Å². The molecule has 0 aromatic heterocycles. The zero-order chi connectivity index (χ0) is 12.2. The van der Waals surface area contributed by atoms with E-state index in [-0.39, 0.29) is 5.92 Å². The molecule has 96 valence electrons. The number of halogens is 1. The molecule has 0 aliphatic rings. The normalized spacial score (nSPS) is 12.6. The summed E-state index contributed by atoms with van der Waals surface area (Å²) < 4.78 is 0. The van der Waals surface area contributed by atoms with Crippen LogP contribution in [0.3, 0.4) is 0 Å². The third-order valence-corrected chi connectivity index (χ3v) is 3.21. The Morgan fingerprint density at radius 2 is 1.44 bits per heavy atom. The summed E-state index contributed by atoms with van der Waals surface area (Å²) in [5.74, 6) is -0.0580. The van der Waals surface area contributed by atoms with Crippen molar-refractivity contribution >= 4 is 17.6 Å². The monoisotopic (exact) mass is 248 g/mol. The maximum atomic E-state index is 10.6. The molecule has 0 rings (SSSR count). The Morgan fingerprint density at radius 1 is 1.00 bits per heavy atom. The van der Waals surface area contributed by atoms with E-state index in [1.807, 2.05) is 0 Å². The molecule has 3 heteroatoms. The molecular weight excluding hydrogens is 224 g/mol. The van der Waals surface area contributed by atoms with Crippen molar-refractivity contribution in [2.45, 2.75) is 64.7 Å². The molecule has 0 aliphatic carbocycles. The summed E-state index contributed by atoms with van der Waals surface area (Å²) in [4.78, 5) is 10.6. The second-order valence-electron chi connectivity index (χ2n) is 4.55. The zero-order valence-corrected chi connectivity index (χ0v) is 11.1. The van der Waals surface area contributed by atoms with E-state index < -0.39 is 5.97 Å². The first kappa shape index (κ1) is 15.8. The predicted octanol–water partition coefficient (Wildman–Crippen LogP) is 4.46. The molecule has 0 aliphatic heterocycles. The van der Waals surface area contributed by atoms with E-state index in [0.29, 0.717) is 0 Å². The predicted molar refractivity (Wildman–Crippen MR) is 69.1 cm³/mol. The minimum absolute atomic E-state index is 0.177. The van der Waals surface area contributed by atoms with Crippen LogP contribution in [0, 0.1) is 5.92 Å². The molecule has 0 spiro atoms. The van der Waals surface area contributed by atoms with Crippen molar-refractivity contribution in [2.24, 2.45) is 5.92 Å². The molecule has 0 saturated heterocycles. The second-order valence-corrected chi connectivity index (χ2v) is 4.92. The summed E-state index contributed by atoms with van der Waals surface area (Å²) in [6.45, 7) is 1.79. The van der Waals surface area contributed by atoms with Gasteiger partial charge in [-0.1, -0.05) is 51.9 Å². The van der Waals surface area contributed by atoms with Gasteiger partial charge in [-0.15, -0.1) is 11.6 Å². The van der Waals surface area contributed by atoms with Gasteiger partial charge in [-0.05, 0) is 12.8 Å². The standard InChI is InChI=1S/C13H25ClO2/c1-12(13(15)16)10-8-6-4-2-3-5-7-9-11-14/h12H,2-11H2,1H3,(H,15,16). The average Bonchev–Trinajstić information content (AvgIpc) is 2.26. The molecule has 1 atom stereocenters. The zero-order valence-electron chi connectivity index (χ0n) is 10.4. The van der Waals surface area contributed by atoms with Crippen LogP contribution >= 0.6 is 11.6 Å². The van der Waals surface area contributed by atoms with E-state index in [2.05, 4.69) is 0 Å². The molecule has 1 N–H and O–H groups in total. The fourth-order valence-corrected chi connectivity index (χ4v) is 1.92. The van der Waals surface area contributed by atoms with Crippen LogP contribution in [0.4, 0.5) is 0 Å². The molecule has 0 fully saturated rings. The smallest absolute Gasteiger partial charge is 0.306 e. The van der Waals surface area contributed by atoms with Crippen LogP contribution in [0.15, 0.2) is 0 Å². The van der Waals surface area contributed by atoms with Gasteiger partial charge >= 0.3 is 5.97 Å². The molecule has 0 heterocycles. The van der Waals surface area contributed by atoms with E-state index in [1.165, 1.54) is 38.5 Å². The summed E-state index contributed by atoms with van der Waals surface area (Å²) >= 11 is 5.59. The number of unbranched alkanes of at least 4 members (excludes halogenated alkanes) is 7. The largest absolute Gasteiger partial charge is 0.481 e. The number of hydrogen-bond donors (Lipinski definition) is 1. The summed E-state index contributed by atoms with van der Waals surface area (Å²) in [7, 11) is 0. The van der Waals surface area contributed by atoms with E-state index in [1.54, 1.807) is 6.92 Å². The van der Waals surface area contributed by atoms with Crippen LogP contribution in [-0.2, 0) is 4.79 Å². The van der Waals surface area contributed by atoms with Gasteiger partial charge in [0.15, 0.2) is 0 Å². The van der Waals surface area contributed by atoms with Gasteiger partial charge in [-0.25, -0.2) is 0 Å². The number of aliphatic carboxylic acids is 1. The molecule has 0 radical (unpaired) electrons. The average molecular weight is 249 g/mol. The van der Waals surface area contributed by atoms with Crippen molar-refractivity contribution < 1.29 is 9.90 Å². The van der Waals surface area contributed by atoms with Crippen molar-refractivity contribution in [3.05, 3.63) is 0 Å². The lowest BCUT2D eigenvalue weighted by molar-refractivity contribution is -0.141. The number of hydrogen-bond acceptors (Lipinski definition) is 1. The molecule has 0 aromatic rings. The van der Waals surface area contributed by atoms with Gasteiger partial charge < -0.3 is 5.11 Å². The Morgan fingerprint density at radius 3 is 1.88 bits per heavy atom. The summed E-state index contributed by atoms with van der Waals surface area (Å²) in [5, 5.41) is 8.69. The SMILES string of the molecule is CC(CCCCCCCCCCCl)C(=O)O. The highest BCUT2D eigenvalue weighted by Gasteiger charge is 2.09. The molecule has 0 saturated carbocycles. The first-order chi connectivity index (χ1) is 7.68. The van der Waals surface area contributed by atoms with Gasteiger partial charge in [-0.2, -0.15) is 0 Å². The Kier molecular flexibility index (Phi) is 11.1. The first-order valence-corrected chi connectivity index (χ1v) is 7.00. The van der Waals surface area contributed by atoms with E-state index in [4.69, 9.17) is 16.7 Å². The Labute approximate surface area is 104 Å². The molecule has 0 bridgehead atoms. The highest BCUT2D eigenvalue weighted by Crippen LogP contribution is 2.13. The third kappa shape index (κ3) is 10.3. The molecule has 0 aromatic carbocycles. The van der Waals surface area contributed by atoms with Crippen molar-refractivity contribution in [3.63, 3.8) is 0 Å². The van der Waals surface area contributed by atoms with E-state index in [0.717, 1.165) is 25.1 Å².